The lowest BCUT2D eigenvalue weighted by Gasteiger charge is -2.04. The predicted octanol–water partition coefficient (Wildman–Crippen LogP) is 6.53. The van der Waals surface area contributed by atoms with E-state index in [-0.39, 0.29) is 5.82 Å². The zero-order valence-corrected chi connectivity index (χ0v) is 16.4. The maximum Gasteiger partial charge on any atom is 0.216 e. The molecule has 30 heavy (non-hydrogen) atoms. The van der Waals surface area contributed by atoms with Crippen LogP contribution in [0, 0.1) is 12.7 Å². The summed E-state index contributed by atoms with van der Waals surface area (Å²) in [5, 5.41) is 1.79. The van der Waals surface area contributed by atoms with Crippen molar-refractivity contribution in [2.24, 2.45) is 7.05 Å². The van der Waals surface area contributed by atoms with E-state index in [1.807, 2.05) is 31.4 Å². The molecule has 2 aromatic carbocycles. The Kier molecular flexibility index (Phi) is 3.45. The van der Waals surface area contributed by atoms with Crippen LogP contribution in [-0.4, -0.2) is 0 Å². The zero-order valence-electron chi connectivity index (χ0n) is 16.4. The molecule has 4 heterocycles. The summed E-state index contributed by atoms with van der Waals surface area (Å²) in [5.74, 6) is -0.385. The largest absolute Gasteiger partial charge is 0.460 e. The molecule has 0 aliphatic rings. The average molecular weight is 398 g/mol. The van der Waals surface area contributed by atoms with Crippen molar-refractivity contribution in [1.82, 2.24) is 0 Å². The van der Waals surface area contributed by atoms with E-state index in [4.69, 9.17) is 13.3 Å². The molecule has 6 aromatic rings. The molecule has 0 unspecified atom stereocenters. The van der Waals surface area contributed by atoms with E-state index >= 15 is 4.39 Å². The minimum atomic E-state index is -0.385. The zero-order chi connectivity index (χ0) is 20.4. The summed E-state index contributed by atoms with van der Waals surface area (Å²) in [5.41, 5.74) is 6.29. The Hall–Kier alpha value is -3.86. The summed E-state index contributed by atoms with van der Waals surface area (Å²) in [4.78, 5) is 0. The van der Waals surface area contributed by atoms with E-state index < -0.39 is 0 Å². The first-order chi connectivity index (χ1) is 14.6. The monoisotopic (exact) mass is 398 g/mol. The van der Waals surface area contributed by atoms with Crippen molar-refractivity contribution in [3.05, 3.63) is 78.6 Å². The van der Waals surface area contributed by atoms with Crippen LogP contribution in [0.25, 0.3) is 55.5 Å². The van der Waals surface area contributed by atoms with E-state index in [0.717, 1.165) is 33.2 Å². The molecule has 0 fully saturated rings. The lowest BCUT2D eigenvalue weighted by molar-refractivity contribution is -0.660. The van der Waals surface area contributed by atoms with Gasteiger partial charge in [0.2, 0.25) is 5.69 Å². The van der Waals surface area contributed by atoms with Crippen LogP contribution in [0.3, 0.4) is 0 Å². The fourth-order valence-corrected chi connectivity index (χ4v) is 4.27. The third-order valence-corrected chi connectivity index (χ3v) is 5.72. The molecule has 0 saturated carbocycles. The number of aryl methyl sites for hydroxylation is 2. The van der Waals surface area contributed by atoms with Crippen LogP contribution in [0.5, 0.6) is 0 Å². The van der Waals surface area contributed by atoms with Crippen LogP contribution >= 0.6 is 0 Å². The summed E-state index contributed by atoms with van der Waals surface area (Å²) in [6.07, 6.45) is 5.05. The van der Waals surface area contributed by atoms with E-state index in [2.05, 4.69) is 23.6 Å². The molecule has 0 amide bonds. The number of hydrogen-bond donors (Lipinski definition) is 0. The predicted molar refractivity (Wildman–Crippen MR) is 113 cm³/mol. The topological polar surface area (TPSA) is 43.3 Å². The third kappa shape index (κ3) is 2.23. The van der Waals surface area contributed by atoms with E-state index in [1.165, 1.54) is 18.6 Å². The maximum absolute atomic E-state index is 15.1. The smallest absolute Gasteiger partial charge is 0.216 e. The molecule has 0 aliphatic heterocycles. The van der Waals surface area contributed by atoms with Gasteiger partial charge in [-0.25, -0.2) is 8.96 Å². The second-order valence-electron chi connectivity index (χ2n) is 7.50. The average Bonchev–Trinajstić information content (AvgIpc) is 3.43. The van der Waals surface area contributed by atoms with Crippen LogP contribution in [0.2, 0.25) is 0 Å². The molecule has 4 aromatic heterocycles. The number of rotatable bonds is 2. The summed E-state index contributed by atoms with van der Waals surface area (Å²) in [6.45, 7) is 2.05. The van der Waals surface area contributed by atoms with Gasteiger partial charge in [0, 0.05) is 29.0 Å². The Balaban J connectivity index is 1.75. The van der Waals surface area contributed by atoms with Crippen molar-refractivity contribution in [1.29, 1.82) is 0 Å². The third-order valence-electron chi connectivity index (χ3n) is 5.72. The quantitative estimate of drug-likeness (QED) is 0.311. The number of nitrogens with zero attached hydrogens (tertiary/aromatic N) is 1. The van der Waals surface area contributed by atoms with Gasteiger partial charge >= 0.3 is 0 Å². The summed E-state index contributed by atoms with van der Waals surface area (Å²) in [7, 11) is 2.00. The fourth-order valence-electron chi connectivity index (χ4n) is 4.27. The van der Waals surface area contributed by atoms with Crippen LogP contribution in [0.1, 0.15) is 5.56 Å². The van der Waals surface area contributed by atoms with Gasteiger partial charge in [-0.1, -0.05) is 12.1 Å². The van der Waals surface area contributed by atoms with Gasteiger partial charge in [0.25, 0.3) is 0 Å². The van der Waals surface area contributed by atoms with E-state index in [9.17, 15) is 0 Å². The Morgan fingerprint density at radius 1 is 0.833 bits per heavy atom. The highest BCUT2D eigenvalue weighted by atomic mass is 19.1. The molecule has 0 radical (unpaired) electrons. The molecule has 146 valence electrons. The second-order valence-corrected chi connectivity index (χ2v) is 7.50. The highest BCUT2D eigenvalue weighted by Gasteiger charge is 2.25. The Bertz CT molecular complexity index is 1580. The minimum Gasteiger partial charge on any atom is -0.460 e. The SMILES string of the molecule is Cc1ccc2c(oc3c(-c4coc5ccoc45)c(F)ccc32)c1-c1cccc[n+]1C. The van der Waals surface area contributed by atoms with E-state index in [1.54, 1.807) is 12.1 Å². The first-order valence-corrected chi connectivity index (χ1v) is 9.68. The van der Waals surface area contributed by atoms with Gasteiger partial charge in [0.05, 0.1) is 23.0 Å². The van der Waals surface area contributed by atoms with Crippen molar-refractivity contribution in [2.45, 2.75) is 6.92 Å². The molecule has 0 atom stereocenters. The van der Waals surface area contributed by atoms with Gasteiger partial charge in [0.15, 0.2) is 17.4 Å². The summed E-state index contributed by atoms with van der Waals surface area (Å²) < 4.78 is 34.6. The molecular formula is C25H17FNO3+. The van der Waals surface area contributed by atoms with Gasteiger partial charge in [0.1, 0.15) is 30.3 Å². The van der Waals surface area contributed by atoms with Gasteiger partial charge in [-0.3, -0.25) is 0 Å². The standard InChI is InChI=1S/C25H17FNO3/c1-14-6-7-15-16-8-9-18(26)22(17-13-29-20-10-12-28-23(17)20)25(16)30-24(15)21(14)19-5-3-4-11-27(19)2/h3-13H,1-2H3/q+1. The van der Waals surface area contributed by atoms with E-state index in [0.29, 0.717) is 27.9 Å². The fraction of sp³-hybridized carbons (Fsp3) is 0.0800. The summed E-state index contributed by atoms with van der Waals surface area (Å²) >= 11 is 0. The van der Waals surface area contributed by atoms with Crippen molar-refractivity contribution in [2.75, 3.05) is 0 Å². The number of pyridine rings is 1. The van der Waals surface area contributed by atoms with Crippen molar-refractivity contribution in [3.63, 3.8) is 0 Å². The van der Waals surface area contributed by atoms with Crippen LogP contribution in [0.4, 0.5) is 4.39 Å². The van der Waals surface area contributed by atoms with Crippen molar-refractivity contribution < 1.29 is 22.2 Å². The highest BCUT2D eigenvalue weighted by Crippen LogP contribution is 2.43. The molecule has 6 rings (SSSR count). The Morgan fingerprint density at radius 3 is 2.47 bits per heavy atom. The van der Waals surface area contributed by atoms with Crippen molar-refractivity contribution in [3.8, 4) is 22.4 Å². The Labute approximate surface area is 170 Å². The lowest BCUT2D eigenvalue weighted by atomic mass is 9.99. The maximum atomic E-state index is 15.1. The summed E-state index contributed by atoms with van der Waals surface area (Å²) in [6, 6.07) is 15.1. The second kappa shape index (κ2) is 6.07. The Morgan fingerprint density at radius 2 is 1.63 bits per heavy atom. The number of hydrogen-bond acceptors (Lipinski definition) is 3. The molecule has 0 aliphatic carbocycles. The van der Waals surface area contributed by atoms with Crippen LogP contribution < -0.4 is 4.57 Å². The van der Waals surface area contributed by atoms with Gasteiger partial charge in [-0.05, 0) is 30.7 Å². The molecule has 0 spiro atoms. The molecule has 4 nitrogen and oxygen atoms in total. The van der Waals surface area contributed by atoms with Crippen LogP contribution in [-0.2, 0) is 7.05 Å². The number of halogens is 1. The normalized spacial score (nSPS) is 11.8. The first-order valence-electron chi connectivity index (χ1n) is 9.68. The highest BCUT2D eigenvalue weighted by molar-refractivity contribution is 6.14. The number of furan rings is 3. The molecular weight excluding hydrogens is 381 g/mol. The van der Waals surface area contributed by atoms with Gasteiger partial charge in [-0.2, -0.15) is 0 Å². The minimum absolute atomic E-state index is 0.346. The number of benzene rings is 2. The lowest BCUT2D eigenvalue weighted by Crippen LogP contribution is -2.30. The molecule has 0 bridgehead atoms. The van der Waals surface area contributed by atoms with Crippen molar-refractivity contribution >= 4 is 33.1 Å². The molecule has 5 heteroatoms. The van der Waals surface area contributed by atoms with Gasteiger partial charge < -0.3 is 13.3 Å². The van der Waals surface area contributed by atoms with Crippen LogP contribution in [0.15, 0.2) is 80.5 Å². The van der Waals surface area contributed by atoms with Gasteiger partial charge in [-0.15, -0.1) is 0 Å². The number of fused-ring (bicyclic) bond motifs is 4. The first kappa shape index (κ1) is 17.0. The number of aromatic nitrogens is 1. The molecule has 0 saturated heterocycles. The molecule has 0 N–H and O–H groups in total.